The summed E-state index contributed by atoms with van der Waals surface area (Å²) in [5.41, 5.74) is 6.87. The van der Waals surface area contributed by atoms with Crippen molar-refractivity contribution in [2.75, 3.05) is 0 Å². The van der Waals surface area contributed by atoms with Gasteiger partial charge in [0, 0.05) is 22.3 Å². The van der Waals surface area contributed by atoms with Gasteiger partial charge in [0.05, 0.1) is 6.20 Å². The highest BCUT2D eigenvalue weighted by molar-refractivity contribution is 9.10. The molecular weight excluding hydrogens is 280 g/mol. The first-order chi connectivity index (χ1) is 8.16. The number of aromatic nitrogens is 1. The van der Waals surface area contributed by atoms with Crippen molar-refractivity contribution in [2.45, 2.75) is 13.0 Å². The van der Waals surface area contributed by atoms with Gasteiger partial charge < -0.3 is 10.5 Å². The number of nitrogens with two attached hydrogens (primary N) is 1. The molecule has 0 aliphatic rings. The van der Waals surface area contributed by atoms with Crippen molar-refractivity contribution in [1.82, 2.24) is 4.98 Å². The van der Waals surface area contributed by atoms with Crippen LogP contribution in [0.5, 0.6) is 11.5 Å². The number of hydrogen-bond acceptors (Lipinski definition) is 3. The highest BCUT2D eigenvalue weighted by atomic mass is 79.9. The fourth-order valence-corrected chi connectivity index (χ4v) is 1.87. The first-order valence-corrected chi connectivity index (χ1v) is 6.09. The minimum atomic E-state index is -0.0636. The van der Waals surface area contributed by atoms with Crippen LogP contribution in [0.4, 0.5) is 0 Å². The minimum absolute atomic E-state index is 0.0636. The van der Waals surface area contributed by atoms with Gasteiger partial charge in [0.15, 0.2) is 0 Å². The van der Waals surface area contributed by atoms with Crippen LogP contribution in [0.3, 0.4) is 0 Å². The van der Waals surface area contributed by atoms with Crippen LogP contribution in [-0.2, 0) is 0 Å². The molecule has 2 rings (SSSR count). The van der Waals surface area contributed by atoms with Crippen molar-refractivity contribution in [3.63, 3.8) is 0 Å². The summed E-state index contributed by atoms with van der Waals surface area (Å²) in [7, 11) is 0. The summed E-state index contributed by atoms with van der Waals surface area (Å²) in [4.78, 5) is 4.05. The van der Waals surface area contributed by atoms with Gasteiger partial charge in [0.2, 0.25) is 0 Å². The molecule has 1 aromatic carbocycles. The largest absolute Gasteiger partial charge is 0.455 e. The Bertz CT molecular complexity index is 514. The van der Waals surface area contributed by atoms with Crippen LogP contribution < -0.4 is 10.5 Å². The van der Waals surface area contributed by atoms with Gasteiger partial charge in [-0.1, -0.05) is 18.2 Å². The second kappa shape index (κ2) is 5.29. The zero-order chi connectivity index (χ0) is 12.3. The van der Waals surface area contributed by atoms with Gasteiger partial charge in [-0.15, -0.1) is 0 Å². The first-order valence-electron chi connectivity index (χ1n) is 5.30. The molecule has 0 amide bonds. The van der Waals surface area contributed by atoms with Crippen molar-refractivity contribution < 1.29 is 4.74 Å². The van der Waals surface area contributed by atoms with Gasteiger partial charge >= 0.3 is 0 Å². The Morgan fingerprint density at radius 1 is 1.29 bits per heavy atom. The predicted molar refractivity (Wildman–Crippen MR) is 71.1 cm³/mol. The molecule has 0 aliphatic heterocycles. The Kier molecular flexibility index (Phi) is 3.76. The lowest BCUT2D eigenvalue weighted by Crippen LogP contribution is -2.06. The first kappa shape index (κ1) is 12.1. The number of nitrogens with zero attached hydrogens (tertiary/aromatic N) is 1. The van der Waals surface area contributed by atoms with Crippen molar-refractivity contribution in [1.29, 1.82) is 0 Å². The second-order valence-electron chi connectivity index (χ2n) is 3.77. The summed E-state index contributed by atoms with van der Waals surface area (Å²) >= 11 is 3.36. The Morgan fingerprint density at radius 3 is 2.76 bits per heavy atom. The maximum absolute atomic E-state index is 5.89. The molecular formula is C13H13BrN2O. The molecule has 1 atom stereocenters. The van der Waals surface area contributed by atoms with E-state index in [1.54, 1.807) is 12.4 Å². The molecule has 0 spiro atoms. The summed E-state index contributed by atoms with van der Waals surface area (Å²) in [5.74, 6) is 1.45. The normalized spacial score (nSPS) is 12.2. The van der Waals surface area contributed by atoms with E-state index in [1.165, 1.54) is 0 Å². The lowest BCUT2D eigenvalue weighted by molar-refractivity contribution is 0.469. The molecule has 0 saturated heterocycles. The van der Waals surface area contributed by atoms with E-state index >= 15 is 0 Å². The molecule has 2 aromatic rings. The number of para-hydroxylation sites is 1. The molecule has 0 bridgehead atoms. The van der Waals surface area contributed by atoms with E-state index in [9.17, 15) is 0 Å². The summed E-state index contributed by atoms with van der Waals surface area (Å²) in [6.45, 7) is 1.93. The van der Waals surface area contributed by atoms with E-state index in [1.807, 2.05) is 37.3 Å². The van der Waals surface area contributed by atoms with E-state index in [-0.39, 0.29) is 6.04 Å². The Hall–Kier alpha value is -1.39. The lowest BCUT2D eigenvalue weighted by Gasteiger charge is -2.13. The molecule has 0 radical (unpaired) electrons. The SMILES string of the molecule is C[C@H](N)c1ccccc1Oc1cncc(Br)c1. The number of halogens is 1. The summed E-state index contributed by atoms with van der Waals surface area (Å²) in [5, 5.41) is 0. The molecule has 17 heavy (non-hydrogen) atoms. The van der Waals surface area contributed by atoms with Crippen LogP contribution in [0.2, 0.25) is 0 Å². The van der Waals surface area contributed by atoms with Gasteiger partial charge in [0.1, 0.15) is 11.5 Å². The van der Waals surface area contributed by atoms with Crippen LogP contribution in [0.1, 0.15) is 18.5 Å². The number of benzene rings is 1. The van der Waals surface area contributed by atoms with E-state index < -0.39 is 0 Å². The van der Waals surface area contributed by atoms with Crippen LogP contribution in [-0.4, -0.2) is 4.98 Å². The second-order valence-corrected chi connectivity index (χ2v) is 4.68. The highest BCUT2D eigenvalue weighted by Gasteiger charge is 2.08. The smallest absolute Gasteiger partial charge is 0.146 e. The predicted octanol–water partition coefficient (Wildman–Crippen LogP) is 3.66. The lowest BCUT2D eigenvalue weighted by atomic mass is 10.1. The standard InChI is InChI=1S/C13H13BrN2O/c1-9(15)12-4-2-3-5-13(12)17-11-6-10(14)7-16-8-11/h2-9H,15H2,1H3/t9-/m0/s1. The van der Waals surface area contributed by atoms with Gasteiger partial charge in [-0.2, -0.15) is 0 Å². The zero-order valence-corrected chi connectivity index (χ0v) is 11.0. The van der Waals surface area contributed by atoms with Crippen molar-refractivity contribution >= 4 is 15.9 Å². The summed E-state index contributed by atoms with van der Waals surface area (Å²) in [6, 6.07) is 9.54. The maximum Gasteiger partial charge on any atom is 0.146 e. The van der Waals surface area contributed by atoms with E-state index in [2.05, 4.69) is 20.9 Å². The average Bonchev–Trinajstić information content (AvgIpc) is 2.29. The molecule has 1 heterocycles. The van der Waals surface area contributed by atoms with E-state index in [0.29, 0.717) is 5.75 Å². The monoisotopic (exact) mass is 292 g/mol. The number of rotatable bonds is 3. The third kappa shape index (κ3) is 3.05. The molecule has 4 heteroatoms. The highest BCUT2D eigenvalue weighted by Crippen LogP contribution is 2.29. The molecule has 0 saturated carbocycles. The fourth-order valence-electron chi connectivity index (χ4n) is 1.52. The summed E-state index contributed by atoms with van der Waals surface area (Å²) in [6.07, 6.45) is 3.38. The Balaban J connectivity index is 2.30. The Labute approximate surface area is 109 Å². The van der Waals surface area contributed by atoms with Crippen molar-refractivity contribution in [3.8, 4) is 11.5 Å². The third-order valence-electron chi connectivity index (χ3n) is 2.32. The molecule has 3 nitrogen and oxygen atoms in total. The third-order valence-corrected chi connectivity index (χ3v) is 2.75. The van der Waals surface area contributed by atoms with Crippen LogP contribution in [0.25, 0.3) is 0 Å². The van der Waals surface area contributed by atoms with Gasteiger partial charge in [-0.3, -0.25) is 4.98 Å². The topological polar surface area (TPSA) is 48.1 Å². The van der Waals surface area contributed by atoms with Crippen LogP contribution >= 0.6 is 15.9 Å². The zero-order valence-electron chi connectivity index (χ0n) is 9.43. The summed E-state index contributed by atoms with van der Waals surface area (Å²) < 4.78 is 6.66. The van der Waals surface area contributed by atoms with Gasteiger partial charge in [0.25, 0.3) is 0 Å². The molecule has 1 aromatic heterocycles. The molecule has 0 aliphatic carbocycles. The van der Waals surface area contributed by atoms with E-state index in [4.69, 9.17) is 10.5 Å². The molecule has 2 N–H and O–H groups in total. The average molecular weight is 293 g/mol. The number of pyridine rings is 1. The van der Waals surface area contributed by atoms with Crippen molar-refractivity contribution in [2.24, 2.45) is 5.73 Å². The van der Waals surface area contributed by atoms with E-state index in [0.717, 1.165) is 15.8 Å². The Morgan fingerprint density at radius 2 is 2.06 bits per heavy atom. The van der Waals surface area contributed by atoms with Crippen molar-refractivity contribution in [3.05, 3.63) is 52.8 Å². The fraction of sp³-hybridized carbons (Fsp3) is 0.154. The molecule has 0 unspecified atom stereocenters. The maximum atomic E-state index is 5.89. The number of ether oxygens (including phenoxy) is 1. The van der Waals surface area contributed by atoms with Crippen LogP contribution in [0, 0.1) is 0 Å². The number of hydrogen-bond donors (Lipinski definition) is 1. The minimum Gasteiger partial charge on any atom is -0.455 e. The quantitative estimate of drug-likeness (QED) is 0.939. The van der Waals surface area contributed by atoms with Gasteiger partial charge in [-0.25, -0.2) is 0 Å². The van der Waals surface area contributed by atoms with Crippen LogP contribution in [0.15, 0.2) is 47.2 Å². The molecule has 0 fully saturated rings. The van der Waals surface area contributed by atoms with Gasteiger partial charge in [-0.05, 0) is 35.0 Å². The molecule has 88 valence electrons.